The van der Waals surface area contributed by atoms with E-state index >= 15 is 0 Å². The van der Waals surface area contributed by atoms with Crippen LogP contribution in [0.25, 0.3) is 0 Å². The molecule has 0 aliphatic rings. The van der Waals surface area contributed by atoms with Crippen molar-refractivity contribution in [3.05, 3.63) is 0 Å². The highest BCUT2D eigenvalue weighted by atomic mass is 32.1. The predicted molar refractivity (Wildman–Crippen MR) is 76.2 cm³/mol. The molecule has 0 atom stereocenters. The first-order valence-corrected chi connectivity index (χ1v) is 7.28. The van der Waals surface area contributed by atoms with Crippen LogP contribution in [0.4, 0.5) is 0 Å². The molecular formula is C13H28O4S. The summed E-state index contributed by atoms with van der Waals surface area (Å²) in [5.74, 6) is 0. The van der Waals surface area contributed by atoms with Gasteiger partial charge in [-0.2, -0.15) is 0 Å². The van der Waals surface area contributed by atoms with Crippen molar-refractivity contribution in [2.24, 2.45) is 0 Å². The van der Waals surface area contributed by atoms with Gasteiger partial charge in [-0.05, 0) is 19.3 Å². The van der Waals surface area contributed by atoms with E-state index < -0.39 is 0 Å². The van der Waals surface area contributed by atoms with E-state index in [0.29, 0.717) is 39.6 Å². The average molecular weight is 280 g/mol. The molecule has 0 saturated carbocycles. The zero-order valence-electron chi connectivity index (χ0n) is 11.6. The van der Waals surface area contributed by atoms with Crippen molar-refractivity contribution in [3.63, 3.8) is 0 Å². The van der Waals surface area contributed by atoms with Crippen LogP contribution in [0.5, 0.6) is 0 Å². The smallest absolute Gasteiger partial charge is 0.0844 e. The van der Waals surface area contributed by atoms with Crippen molar-refractivity contribution >= 4 is 12.9 Å². The van der Waals surface area contributed by atoms with Crippen molar-refractivity contribution in [3.8, 4) is 0 Å². The van der Waals surface area contributed by atoms with Crippen LogP contribution in [0, 0.1) is 0 Å². The third-order valence-corrected chi connectivity index (χ3v) is 2.64. The fraction of sp³-hybridized carbons (Fsp3) is 1.00. The maximum absolute atomic E-state index is 5.46. The molecule has 0 unspecified atom stereocenters. The standard InChI is InChI=1S/C13H28O4S/c1-2-3-4-5-6-7-14-8-9-15-10-11-16-12-13-17-18/h18H,2-13H2,1H3. The maximum Gasteiger partial charge on any atom is 0.0844 e. The molecule has 0 spiro atoms. The SMILES string of the molecule is CCCCCCCOCCOCCOCCOS. The van der Waals surface area contributed by atoms with Crippen LogP contribution in [0.1, 0.15) is 39.0 Å². The molecule has 0 saturated heterocycles. The van der Waals surface area contributed by atoms with Gasteiger partial charge in [0.2, 0.25) is 0 Å². The molecule has 0 N–H and O–H groups in total. The first-order chi connectivity index (χ1) is 8.91. The molecule has 110 valence electrons. The highest BCUT2D eigenvalue weighted by molar-refractivity contribution is 7.75. The quantitative estimate of drug-likeness (QED) is 0.284. The summed E-state index contributed by atoms with van der Waals surface area (Å²) in [4.78, 5) is 0. The van der Waals surface area contributed by atoms with Crippen LogP contribution in [0.15, 0.2) is 0 Å². The van der Waals surface area contributed by atoms with E-state index in [1.807, 2.05) is 0 Å². The Morgan fingerprint density at radius 2 is 1.11 bits per heavy atom. The largest absolute Gasteiger partial charge is 0.379 e. The third kappa shape index (κ3) is 16.2. The Morgan fingerprint density at radius 3 is 1.67 bits per heavy atom. The average Bonchev–Trinajstić information content (AvgIpc) is 2.39. The van der Waals surface area contributed by atoms with E-state index in [1.165, 1.54) is 25.7 Å². The Morgan fingerprint density at radius 1 is 0.611 bits per heavy atom. The van der Waals surface area contributed by atoms with E-state index in [4.69, 9.17) is 14.2 Å². The van der Waals surface area contributed by atoms with Gasteiger partial charge in [-0.15, -0.1) is 0 Å². The van der Waals surface area contributed by atoms with Gasteiger partial charge in [0.1, 0.15) is 0 Å². The number of ether oxygens (including phenoxy) is 3. The Balaban J connectivity index is 2.86. The van der Waals surface area contributed by atoms with Gasteiger partial charge in [0.15, 0.2) is 0 Å². The molecule has 0 rings (SSSR count). The minimum Gasteiger partial charge on any atom is -0.379 e. The number of thiol groups is 1. The van der Waals surface area contributed by atoms with Crippen LogP contribution in [0.3, 0.4) is 0 Å². The summed E-state index contributed by atoms with van der Waals surface area (Å²) < 4.78 is 20.6. The number of hydrogen-bond acceptors (Lipinski definition) is 5. The van der Waals surface area contributed by atoms with Gasteiger partial charge in [0, 0.05) is 6.61 Å². The fourth-order valence-corrected chi connectivity index (χ4v) is 1.52. The summed E-state index contributed by atoms with van der Waals surface area (Å²) in [5, 5.41) is 0. The van der Waals surface area contributed by atoms with E-state index in [0.717, 1.165) is 13.0 Å². The van der Waals surface area contributed by atoms with Gasteiger partial charge in [-0.1, -0.05) is 32.6 Å². The molecule has 5 heteroatoms. The van der Waals surface area contributed by atoms with Gasteiger partial charge < -0.3 is 18.4 Å². The first kappa shape index (κ1) is 18.2. The van der Waals surface area contributed by atoms with Crippen molar-refractivity contribution in [1.82, 2.24) is 0 Å². The van der Waals surface area contributed by atoms with Gasteiger partial charge >= 0.3 is 0 Å². The van der Waals surface area contributed by atoms with Gasteiger partial charge in [-0.25, -0.2) is 0 Å². The lowest BCUT2D eigenvalue weighted by Gasteiger charge is -2.06. The highest BCUT2D eigenvalue weighted by Gasteiger charge is 1.92. The molecular weight excluding hydrogens is 252 g/mol. The third-order valence-electron chi connectivity index (χ3n) is 2.46. The fourth-order valence-electron chi connectivity index (χ4n) is 1.45. The van der Waals surface area contributed by atoms with Crippen LogP contribution >= 0.6 is 12.9 Å². The molecule has 4 nitrogen and oxygen atoms in total. The van der Waals surface area contributed by atoms with Crippen LogP contribution in [-0.2, 0) is 18.4 Å². The lowest BCUT2D eigenvalue weighted by atomic mass is 10.2. The van der Waals surface area contributed by atoms with Gasteiger partial charge in [0.25, 0.3) is 0 Å². The molecule has 0 aromatic carbocycles. The minimum absolute atomic E-state index is 0.504. The molecule has 0 heterocycles. The molecule has 18 heavy (non-hydrogen) atoms. The lowest BCUT2D eigenvalue weighted by molar-refractivity contribution is 0.00991. The number of rotatable bonds is 15. The van der Waals surface area contributed by atoms with Crippen molar-refractivity contribution in [2.75, 3.05) is 46.2 Å². The second-order valence-electron chi connectivity index (χ2n) is 4.08. The van der Waals surface area contributed by atoms with E-state index in [1.54, 1.807) is 0 Å². The molecule has 0 bridgehead atoms. The van der Waals surface area contributed by atoms with Gasteiger partial charge in [-0.3, -0.25) is 0 Å². The van der Waals surface area contributed by atoms with Crippen LogP contribution < -0.4 is 0 Å². The van der Waals surface area contributed by atoms with E-state index in [2.05, 4.69) is 24.0 Å². The maximum atomic E-state index is 5.46. The second kappa shape index (κ2) is 17.2. The van der Waals surface area contributed by atoms with E-state index in [-0.39, 0.29) is 0 Å². The van der Waals surface area contributed by atoms with Crippen LogP contribution in [-0.4, -0.2) is 46.2 Å². The van der Waals surface area contributed by atoms with Crippen molar-refractivity contribution in [2.45, 2.75) is 39.0 Å². The second-order valence-corrected chi connectivity index (χ2v) is 4.34. The molecule has 0 aliphatic heterocycles. The zero-order chi connectivity index (χ0) is 13.3. The number of unbranched alkanes of at least 4 members (excludes halogenated alkanes) is 4. The van der Waals surface area contributed by atoms with E-state index in [9.17, 15) is 0 Å². The lowest BCUT2D eigenvalue weighted by Crippen LogP contribution is -2.11. The Kier molecular flexibility index (Phi) is 17.4. The predicted octanol–water partition coefficient (Wildman–Crippen LogP) is 2.87. The number of hydrogen-bond donors (Lipinski definition) is 1. The summed E-state index contributed by atoms with van der Waals surface area (Å²) in [6.07, 6.45) is 6.38. The molecule has 0 aromatic rings. The Hall–Kier alpha value is 0.190. The zero-order valence-corrected chi connectivity index (χ0v) is 12.5. The topological polar surface area (TPSA) is 36.9 Å². The molecule has 0 aromatic heterocycles. The summed E-state index contributed by atoms with van der Waals surface area (Å²) in [6, 6.07) is 0. The monoisotopic (exact) mass is 280 g/mol. The molecule has 0 amide bonds. The summed E-state index contributed by atoms with van der Waals surface area (Å²) >= 11 is 3.61. The molecule has 0 radical (unpaired) electrons. The minimum atomic E-state index is 0.504. The summed E-state index contributed by atoms with van der Waals surface area (Å²) in [5.41, 5.74) is 0. The molecule has 0 aliphatic carbocycles. The normalized spacial score (nSPS) is 11.0. The van der Waals surface area contributed by atoms with Crippen molar-refractivity contribution < 1.29 is 18.4 Å². The Labute approximate surface area is 117 Å². The molecule has 0 fully saturated rings. The Bertz CT molecular complexity index is 131. The highest BCUT2D eigenvalue weighted by Crippen LogP contribution is 2.02. The summed E-state index contributed by atoms with van der Waals surface area (Å²) in [6.45, 7) is 6.65. The first-order valence-electron chi connectivity index (χ1n) is 6.91. The van der Waals surface area contributed by atoms with Crippen molar-refractivity contribution in [1.29, 1.82) is 0 Å². The van der Waals surface area contributed by atoms with Crippen LogP contribution in [0.2, 0.25) is 0 Å². The summed E-state index contributed by atoms with van der Waals surface area (Å²) in [7, 11) is 0. The van der Waals surface area contributed by atoms with Gasteiger partial charge in [0.05, 0.1) is 39.6 Å².